The fraction of sp³-hybridized carbons (Fsp3) is 0.211. The molecule has 0 fully saturated rings. The van der Waals surface area contributed by atoms with Crippen molar-refractivity contribution in [3.63, 3.8) is 0 Å². The van der Waals surface area contributed by atoms with E-state index >= 15 is 0 Å². The molecule has 0 heterocycles. The van der Waals surface area contributed by atoms with Crippen LogP contribution in [-0.2, 0) is 14.3 Å². The van der Waals surface area contributed by atoms with Gasteiger partial charge < -0.3 is 21.1 Å². The van der Waals surface area contributed by atoms with Crippen LogP contribution in [0.15, 0.2) is 42.5 Å². The Morgan fingerprint density at radius 2 is 1.69 bits per heavy atom. The van der Waals surface area contributed by atoms with Gasteiger partial charge >= 0.3 is 5.97 Å². The number of esters is 1. The van der Waals surface area contributed by atoms with Crippen LogP contribution in [-0.4, -0.2) is 30.9 Å². The van der Waals surface area contributed by atoms with Gasteiger partial charge in [0.25, 0.3) is 5.91 Å². The fourth-order valence-corrected chi connectivity index (χ4v) is 2.25. The molecule has 2 aromatic rings. The second-order valence-electron chi connectivity index (χ2n) is 5.74. The quantitative estimate of drug-likeness (QED) is 0.656. The number of ether oxygens (including phenoxy) is 1. The Bertz CT molecular complexity index is 833. The first-order chi connectivity index (χ1) is 12.4. The van der Waals surface area contributed by atoms with Gasteiger partial charge in [0.05, 0.1) is 17.8 Å². The van der Waals surface area contributed by atoms with Gasteiger partial charge in [-0.1, -0.05) is 24.3 Å². The van der Waals surface area contributed by atoms with Gasteiger partial charge in [0.2, 0.25) is 5.91 Å². The van der Waals surface area contributed by atoms with Crippen molar-refractivity contribution in [2.75, 3.05) is 18.5 Å². The van der Waals surface area contributed by atoms with E-state index in [0.717, 1.165) is 16.8 Å². The molecule has 2 amide bonds. The van der Waals surface area contributed by atoms with Crippen molar-refractivity contribution in [1.29, 1.82) is 0 Å². The Labute approximate surface area is 151 Å². The zero-order valence-corrected chi connectivity index (χ0v) is 14.7. The summed E-state index contributed by atoms with van der Waals surface area (Å²) in [5.74, 6) is -1.92. The van der Waals surface area contributed by atoms with Crippen molar-refractivity contribution in [2.24, 2.45) is 5.73 Å². The van der Waals surface area contributed by atoms with Gasteiger partial charge in [0, 0.05) is 5.69 Å². The van der Waals surface area contributed by atoms with E-state index in [1.807, 2.05) is 32.0 Å². The zero-order valence-electron chi connectivity index (χ0n) is 14.7. The predicted molar refractivity (Wildman–Crippen MR) is 98.1 cm³/mol. The maximum absolute atomic E-state index is 12.3. The molecule has 2 rings (SSSR count). The molecule has 7 heteroatoms. The van der Waals surface area contributed by atoms with E-state index < -0.39 is 24.4 Å². The highest BCUT2D eigenvalue weighted by Crippen LogP contribution is 2.25. The standard InChI is InChI=1S/C19H21N3O4/c1-12-6-5-9-15(13(12)2)22-16-8-4-3-7-14(16)19(25)26-11-18(24)21-10-17(20)23/h3-9,22H,10-11H2,1-2H3,(H2,20,23)(H,21,24). The topological polar surface area (TPSA) is 111 Å². The molecular formula is C19H21N3O4. The average Bonchev–Trinajstić information content (AvgIpc) is 2.62. The number of para-hydroxylation sites is 1. The summed E-state index contributed by atoms with van der Waals surface area (Å²) in [6.07, 6.45) is 0. The molecule has 136 valence electrons. The molecule has 2 aromatic carbocycles. The van der Waals surface area contributed by atoms with Crippen LogP contribution in [0.5, 0.6) is 0 Å². The van der Waals surface area contributed by atoms with Crippen molar-refractivity contribution in [3.05, 3.63) is 59.2 Å². The lowest BCUT2D eigenvalue weighted by Gasteiger charge is -2.14. The van der Waals surface area contributed by atoms with Gasteiger partial charge in [-0.2, -0.15) is 0 Å². The van der Waals surface area contributed by atoms with Crippen LogP contribution < -0.4 is 16.4 Å². The van der Waals surface area contributed by atoms with Crippen LogP contribution >= 0.6 is 0 Å². The van der Waals surface area contributed by atoms with Crippen LogP contribution in [0.2, 0.25) is 0 Å². The Morgan fingerprint density at radius 1 is 1.00 bits per heavy atom. The van der Waals surface area contributed by atoms with Crippen molar-refractivity contribution >= 4 is 29.2 Å². The maximum Gasteiger partial charge on any atom is 0.340 e. The van der Waals surface area contributed by atoms with Crippen LogP contribution in [0, 0.1) is 13.8 Å². The summed E-state index contributed by atoms with van der Waals surface area (Å²) in [7, 11) is 0. The first-order valence-corrected chi connectivity index (χ1v) is 8.03. The van der Waals surface area contributed by atoms with E-state index in [-0.39, 0.29) is 6.54 Å². The van der Waals surface area contributed by atoms with Crippen LogP contribution in [0.1, 0.15) is 21.5 Å². The van der Waals surface area contributed by atoms with Gasteiger partial charge in [-0.25, -0.2) is 4.79 Å². The Balaban J connectivity index is 2.08. The molecule has 0 aromatic heterocycles. The second kappa shape index (κ2) is 8.66. The molecule has 4 N–H and O–H groups in total. The Hall–Kier alpha value is -3.35. The Morgan fingerprint density at radius 3 is 2.42 bits per heavy atom. The lowest BCUT2D eigenvalue weighted by Crippen LogP contribution is -2.36. The fourth-order valence-electron chi connectivity index (χ4n) is 2.25. The maximum atomic E-state index is 12.3. The zero-order chi connectivity index (χ0) is 19.1. The number of carbonyl (C=O) groups is 3. The second-order valence-corrected chi connectivity index (χ2v) is 5.74. The Kier molecular flexibility index (Phi) is 6.32. The smallest absolute Gasteiger partial charge is 0.340 e. The van der Waals surface area contributed by atoms with E-state index in [9.17, 15) is 14.4 Å². The van der Waals surface area contributed by atoms with E-state index in [4.69, 9.17) is 10.5 Å². The number of primary amides is 1. The molecule has 0 saturated carbocycles. The molecule has 0 atom stereocenters. The highest BCUT2D eigenvalue weighted by atomic mass is 16.5. The summed E-state index contributed by atoms with van der Waals surface area (Å²) >= 11 is 0. The van der Waals surface area contributed by atoms with E-state index in [0.29, 0.717) is 11.3 Å². The van der Waals surface area contributed by atoms with Gasteiger partial charge in [-0.3, -0.25) is 9.59 Å². The molecule has 0 radical (unpaired) electrons. The highest BCUT2D eigenvalue weighted by molar-refractivity contribution is 5.97. The molecule has 0 spiro atoms. The monoisotopic (exact) mass is 355 g/mol. The number of anilines is 2. The van der Waals surface area contributed by atoms with E-state index in [1.54, 1.807) is 24.3 Å². The first kappa shape index (κ1) is 19.0. The third-order valence-electron chi connectivity index (χ3n) is 3.82. The summed E-state index contributed by atoms with van der Waals surface area (Å²) in [5, 5.41) is 5.48. The van der Waals surface area contributed by atoms with Crippen LogP contribution in [0.4, 0.5) is 11.4 Å². The molecule has 26 heavy (non-hydrogen) atoms. The number of nitrogens with one attached hydrogen (secondary N) is 2. The largest absolute Gasteiger partial charge is 0.452 e. The lowest BCUT2D eigenvalue weighted by molar-refractivity contribution is -0.127. The molecule has 0 aliphatic heterocycles. The van der Waals surface area contributed by atoms with Crippen molar-refractivity contribution in [3.8, 4) is 0 Å². The predicted octanol–water partition coefficient (Wildman–Crippen LogP) is 1.81. The minimum Gasteiger partial charge on any atom is -0.452 e. The normalized spacial score (nSPS) is 10.1. The van der Waals surface area contributed by atoms with Gasteiger partial charge in [0.1, 0.15) is 0 Å². The minimum atomic E-state index is -0.673. The van der Waals surface area contributed by atoms with E-state index in [1.165, 1.54) is 0 Å². The minimum absolute atomic E-state index is 0.302. The van der Waals surface area contributed by atoms with Crippen molar-refractivity contribution in [1.82, 2.24) is 5.32 Å². The van der Waals surface area contributed by atoms with Gasteiger partial charge in [-0.15, -0.1) is 0 Å². The number of benzene rings is 2. The van der Waals surface area contributed by atoms with Gasteiger partial charge in [-0.05, 0) is 43.2 Å². The molecule has 0 aliphatic rings. The summed E-state index contributed by atoms with van der Waals surface area (Å²) in [6.45, 7) is 3.19. The molecule has 0 bridgehead atoms. The third kappa shape index (κ3) is 5.07. The number of carbonyl (C=O) groups excluding carboxylic acids is 3. The third-order valence-corrected chi connectivity index (χ3v) is 3.82. The average molecular weight is 355 g/mol. The highest BCUT2D eigenvalue weighted by Gasteiger charge is 2.15. The molecule has 7 nitrogen and oxygen atoms in total. The number of nitrogens with two attached hydrogens (primary N) is 1. The summed E-state index contributed by atoms with van der Waals surface area (Å²) in [4.78, 5) is 34.5. The van der Waals surface area contributed by atoms with Gasteiger partial charge in [0.15, 0.2) is 6.61 Å². The number of aryl methyl sites for hydroxylation is 1. The summed E-state index contributed by atoms with van der Waals surface area (Å²) in [6, 6.07) is 12.7. The van der Waals surface area contributed by atoms with Crippen LogP contribution in [0.3, 0.4) is 0 Å². The van der Waals surface area contributed by atoms with E-state index in [2.05, 4.69) is 10.6 Å². The number of rotatable bonds is 7. The van der Waals surface area contributed by atoms with Crippen molar-refractivity contribution in [2.45, 2.75) is 13.8 Å². The number of amides is 2. The molecule has 0 saturated heterocycles. The number of hydrogen-bond donors (Lipinski definition) is 3. The van der Waals surface area contributed by atoms with Crippen molar-refractivity contribution < 1.29 is 19.1 Å². The first-order valence-electron chi connectivity index (χ1n) is 8.03. The molecule has 0 unspecified atom stereocenters. The number of hydrogen-bond acceptors (Lipinski definition) is 5. The van der Waals surface area contributed by atoms with Crippen LogP contribution in [0.25, 0.3) is 0 Å². The summed E-state index contributed by atoms with van der Waals surface area (Å²) < 4.78 is 5.01. The molecule has 0 aliphatic carbocycles. The molecular weight excluding hydrogens is 334 g/mol. The lowest BCUT2D eigenvalue weighted by atomic mass is 10.1. The summed E-state index contributed by atoms with van der Waals surface area (Å²) in [5.41, 5.74) is 8.88. The SMILES string of the molecule is Cc1cccc(Nc2ccccc2C(=O)OCC(=O)NCC(N)=O)c1C.